The van der Waals surface area contributed by atoms with E-state index >= 15 is 0 Å². The van der Waals surface area contributed by atoms with Crippen molar-refractivity contribution in [3.63, 3.8) is 0 Å². The molecule has 0 saturated carbocycles. The third kappa shape index (κ3) is 4.35. The number of aliphatic hydroxyl groups is 1. The Labute approximate surface area is 165 Å². The normalized spacial score (nSPS) is 17.0. The monoisotopic (exact) mass is 385 g/mol. The summed E-state index contributed by atoms with van der Waals surface area (Å²) in [7, 11) is 3.06. The number of carbonyl (C=O) groups excluding carboxylic acids is 1. The Kier molecular flexibility index (Phi) is 6.67. The van der Waals surface area contributed by atoms with Crippen LogP contribution in [0.2, 0.25) is 0 Å². The molecule has 28 heavy (non-hydrogen) atoms. The average Bonchev–Trinajstić information content (AvgIpc) is 2.74. The summed E-state index contributed by atoms with van der Waals surface area (Å²) in [4.78, 5) is 15.2. The predicted molar refractivity (Wildman–Crippen MR) is 106 cm³/mol. The maximum atomic E-state index is 13.1. The van der Waals surface area contributed by atoms with E-state index in [9.17, 15) is 9.90 Å². The lowest BCUT2D eigenvalue weighted by molar-refractivity contribution is -0.0173. The highest BCUT2D eigenvalue weighted by Crippen LogP contribution is 2.31. The van der Waals surface area contributed by atoms with Crippen LogP contribution in [-0.2, 0) is 4.74 Å². The molecule has 6 heteroatoms. The molecule has 0 aliphatic carbocycles. The van der Waals surface area contributed by atoms with Gasteiger partial charge in [0, 0.05) is 18.7 Å². The van der Waals surface area contributed by atoms with E-state index in [-0.39, 0.29) is 5.78 Å². The van der Waals surface area contributed by atoms with Crippen molar-refractivity contribution in [3.05, 3.63) is 59.2 Å². The highest BCUT2D eigenvalue weighted by molar-refractivity contribution is 6.00. The Morgan fingerprint density at radius 1 is 1.04 bits per heavy atom. The summed E-state index contributed by atoms with van der Waals surface area (Å²) in [5, 5.41) is 11.1. The number of benzene rings is 2. The van der Waals surface area contributed by atoms with E-state index in [1.54, 1.807) is 25.3 Å². The zero-order valence-corrected chi connectivity index (χ0v) is 16.6. The standard InChI is InChI=1S/C22H27NO5/c1-15-4-6-16(7-5-15)20(23-10-12-28-13-11-23)22(25)21(24)17-8-9-18(26-2)19(14-17)27-3/h4-9,14,20,22,25H,10-13H2,1-3H3/t20-,22+/m1/s1. The van der Waals surface area contributed by atoms with Gasteiger partial charge in [-0.05, 0) is 30.7 Å². The average molecular weight is 385 g/mol. The minimum absolute atomic E-state index is 0.349. The number of ether oxygens (including phenoxy) is 3. The first-order valence-electron chi connectivity index (χ1n) is 9.38. The zero-order valence-electron chi connectivity index (χ0n) is 16.6. The van der Waals surface area contributed by atoms with Crippen LogP contribution >= 0.6 is 0 Å². The molecule has 1 aliphatic rings. The molecule has 0 spiro atoms. The molecule has 150 valence electrons. The van der Waals surface area contributed by atoms with E-state index in [4.69, 9.17) is 14.2 Å². The smallest absolute Gasteiger partial charge is 0.193 e. The largest absolute Gasteiger partial charge is 0.493 e. The summed E-state index contributed by atoms with van der Waals surface area (Å²) in [5.74, 6) is 0.647. The summed E-state index contributed by atoms with van der Waals surface area (Å²) >= 11 is 0. The number of morpholine rings is 1. The molecule has 0 radical (unpaired) electrons. The third-order valence-electron chi connectivity index (χ3n) is 5.09. The van der Waals surface area contributed by atoms with Gasteiger partial charge in [-0.3, -0.25) is 9.69 Å². The van der Waals surface area contributed by atoms with Gasteiger partial charge in [0.25, 0.3) is 0 Å². The first kappa shape index (κ1) is 20.3. The second-order valence-electron chi connectivity index (χ2n) is 6.88. The lowest BCUT2D eigenvalue weighted by Gasteiger charge is -2.37. The van der Waals surface area contributed by atoms with Crippen molar-refractivity contribution in [2.75, 3.05) is 40.5 Å². The van der Waals surface area contributed by atoms with Crippen molar-refractivity contribution in [3.8, 4) is 11.5 Å². The third-order valence-corrected chi connectivity index (χ3v) is 5.09. The van der Waals surface area contributed by atoms with E-state index in [1.165, 1.54) is 7.11 Å². The van der Waals surface area contributed by atoms with Crippen molar-refractivity contribution in [1.29, 1.82) is 0 Å². The van der Waals surface area contributed by atoms with E-state index in [2.05, 4.69) is 4.90 Å². The quantitative estimate of drug-likeness (QED) is 0.739. The Morgan fingerprint density at radius 2 is 1.68 bits per heavy atom. The van der Waals surface area contributed by atoms with Gasteiger partial charge in [0.1, 0.15) is 6.10 Å². The van der Waals surface area contributed by atoms with Gasteiger partial charge in [-0.15, -0.1) is 0 Å². The first-order valence-corrected chi connectivity index (χ1v) is 9.38. The molecule has 3 rings (SSSR count). The summed E-state index contributed by atoms with van der Waals surface area (Å²) in [5.41, 5.74) is 2.43. The summed E-state index contributed by atoms with van der Waals surface area (Å²) in [6.07, 6.45) is -1.21. The fourth-order valence-corrected chi connectivity index (χ4v) is 3.52. The van der Waals surface area contributed by atoms with Crippen LogP contribution < -0.4 is 9.47 Å². The molecule has 0 unspecified atom stereocenters. The Morgan fingerprint density at radius 3 is 2.29 bits per heavy atom. The minimum Gasteiger partial charge on any atom is -0.493 e. The number of aliphatic hydroxyl groups excluding tert-OH is 1. The van der Waals surface area contributed by atoms with Crippen LogP contribution in [-0.4, -0.2) is 62.4 Å². The number of carbonyl (C=O) groups is 1. The zero-order chi connectivity index (χ0) is 20.1. The lowest BCUT2D eigenvalue weighted by Crippen LogP contribution is -2.46. The fourth-order valence-electron chi connectivity index (χ4n) is 3.52. The van der Waals surface area contributed by atoms with Gasteiger partial charge in [0.05, 0.1) is 33.5 Å². The van der Waals surface area contributed by atoms with Gasteiger partial charge < -0.3 is 19.3 Å². The fraction of sp³-hybridized carbons (Fsp3) is 0.409. The molecular weight excluding hydrogens is 358 g/mol. The van der Waals surface area contributed by atoms with Crippen LogP contribution in [0.15, 0.2) is 42.5 Å². The number of rotatable bonds is 7. The lowest BCUT2D eigenvalue weighted by atomic mass is 9.92. The second-order valence-corrected chi connectivity index (χ2v) is 6.88. The maximum absolute atomic E-state index is 13.1. The molecule has 2 aromatic carbocycles. The highest BCUT2D eigenvalue weighted by Gasteiger charge is 2.34. The predicted octanol–water partition coefficient (Wildman–Crippen LogP) is 2.63. The van der Waals surface area contributed by atoms with Gasteiger partial charge in [0.15, 0.2) is 17.3 Å². The van der Waals surface area contributed by atoms with Crippen LogP contribution in [0.4, 0.5) is 0 Å². The van der Waals surface area contributed by atoms with E-state index in [1.807, 2.05) is 31.2 Å². The number of nitrogens with zero attached hydrogens (tertiary/aromatic N) is 1. The molecule has 2 atom stereocenters. The summed E-state index contributed by atoms with van der Waals surface area (Å²) in [6.45, 7) is 4.50. The Bertz CT molecular complexity index is 799. The second kappa shape index (κ2) is 9.19. The molecule has 6 nitrogen and oxygen atoms in total. The van der Waals surface area contributed by atoms with Gasteiger partial charge in [-0.25, -0.2) is 0 Å². The number of Topliss-reactive ketones (excluding diaryl/α,β-unsaturated/α-hetero) is 1. The molecule has 1 aliphatic heterocycles. The molecular formula is C22H27NO5. The van der Waals surface area contributed by atoms with Gasteiger partial charge in [-0.1, -0.05) is 29.8 Å². The molecule has 0 amide bonds. The Balaban J connectivity index is 1.92. The maximum Gasteiger partial charge on any atom is 0.193 e. The van der Waals surface area contributed by atoms with Gasteiger partial charge in [0.2, 0.25) is 0 Å². The van der Waals surface area contributed by atoms with Crippen molar-refractivity contribution in [2.24, 2.45) is 0 Å². The SMILES string of the molecule is COc1ccc(C(=O)[C@@H](O)[C@@H](c2ccc(C)cc2)N2CCOCC2)cc1OC. The summed E-state index contributed by atoms with van der Waals surface area (Å²) < 4.78 is 16.0. The van der Waals surface area contributed by atoms with Crippen molar-refractivity contribution >= 4 is 5.78 Å². The van der Waals surface area contributed by atoms with E-state index in [0.717, 1.165) is 11.1 Å². The summed E-state index contributed by atoms with van der Waals surface area (Å²) in [6, 6.07) is 12.4. The molecule has 2 aromatic rings. The van der Waals surface area contributed by atoms with E-state index < -0.39 is 12.1 Å². The topological polar surface area (TPSA) is 68.2 Å². The van der Waals surface area contributed by atoms with Crippen molar-refractivity contribution < 1.29 is 24.1 Å². The molecule has 1 heterocycles. The van der Waals surface area contributed by atoms with Crippen LogP contribution in [0.1, 0.15) is 27.5 Å². The molecule has 0 aromatic heterocycles. The van der Waals surface area contributed by atoms with Crippen LogP contribution in [0.3, 0.4) is 0 Å². The van der Waals surface area contributed by atoms with E-state index in [0.29, 0.717) is 43.4 Å². The van der Waals surface area contributed by atoms with Crippen molar-refractivity contribution in [1.82, 2.24) is 4.90 Å². The van der Waals surface area contributed by atoms with Crippen LogP contribution in [0, 0.1) is 6.92 Å². The molecule has 1 saturated heterocycles. The number of aryl methyl sites for hydroxylation is 1. The number of hydrogen-bond donors (Lipinski definition) is 1. The van der Waals surface area contributed by atoms with Crippen LogP contribution in [0.25, 0.3) is 0 Å². The van der Waals surface area contributed by atoms with Crippen molar-refractivity contribution in [2.45, 2.75) is 19.1 Å². The first-order chi connectivity index (χ1) is 13.5. The minimum atomic E-state index is -1.21. The molecule has 1 N–H and O–H groups in total. The number of methoxy groups -OCH3 is 2. The highest BCUT2D eigenvalue weighted by atomic mass is 16.5. The Hall–Kier alpha value is -2.41. The van der Waals surface area contributed by atoms with Crippen LogP contribution in [0.5, 0.6) is 11.5 Å². The number of ketones is 1. The van der Waals surface area contributed by atoms with Gasteiger partial charge >= 0.3 is 0 Å². The van der Waals surface area contributed by atoms with Gasteiger partial charge in [-0.2, -0.15) is 0 Å². The molecule has 0 bridgehead atoms. The molecule has 1 fully saturated rings. The number of hydrogen-bond acceptors (Lipinski definition) is 6.